The van der Waals surface area contributed by atoms with Gasteiger partial charge in [-0.05, 0) is 68.1 Å². The maximum absolute atomic E-state index is 14.6. The van der Waals surface area contributed by atoms with Crippen LogP contribution in [-0.2, 0) is 24.0 Å². The van der Waals surface area contributed by atoms with Gasteiger partial charge in [-0.3, -0.25) is 33.8 Å². The fourth-order valence-corrected chi connectivity index (χ4v) is 7.73. The van der Waals surface area contributed by atoms with Gasteiger partial charge in [-0.1, -0.05) is 59.8 Å². The number of nitrogens with zero attached hydrogens (tertiary/aromatic N) is 3. The summed E-state index contributed by atoms with van der Waals surface area (Å²) in [5, 5.41) is 11.1. The van der Waals surface area contributed by atoms with E-state index in [2.05, 4.69) is 31.2 Å². The number of Topliss-reactive ketones (excluding diaryl/α,β-unsaturated/α-hetero) is 1. The smallest absolute Gasteiger partial charge is 0.289 e. The summed E-state index contributed by atoms with van der Waals surface area (Å²) in [6.07, 6.45) is 12.8. The average Bonchev–Trinajstić information content (AvgIpc) is 3.65. The Morgan fingerprint density at radius 1 is 0.939 bits per heavy atom. The lowest BCUT2D eigenvalue weighted by atomic mass is 9.82. The third-order valence-corrected chi connectivity index (χ3v) is 10.5. The number of nitrogens with one attached hydrogen (secondary N) is 4. The largest absolute Gasteiger partial charge is 0.347 e. The summed E-state index contributed by atoms with van der Waals surface area (Å²) in [5.41, 5.74) is -0.700. The highest BCUT2D eigenvalue weighted by Crippen LogP contribution is 2.43. The Hall–Kier alpha value is -3.90. The SMILES string of the molecule is [2H]C(CCC)(NC(=O)[C@@H]1[C@H]2CCC[C@H]2CN1C(=O)C(NC(=O)C(NC(=O)c1cnccn1)C1CCCCC1)C(C)(C)C)C(=O)C(=O)NC1CC1. The number of carbonyl (C=O) groups is 6. The average molecular weight is 681 g/mol. The summed E-state index contributed by atoms with van der Waals surface area (Å²) in [5.74, 6) is -4.26. The van der Waals surface area contributed by atoms with Gasteiger partial charge in [-0.25, -0.2) is 4.98 Å². The quantitative estimate of drug-likeness (QED) is 0.230. The molecule has 1 aliphatic heterocycles. The van der Waals surface area contributed by atoms with Crippen LogP contribution in [0, 0.1) is 23.2 Å². The molecular formula is C36H53N7O6. The first-order valence-electron chi connectivity index (χ1n) is 18.6. The van der Waals surface area contributed by atoms with Crippen molar-refractivity contribution in [1.82, 2.24) is 36.1 Å². The maximum atomic E-state index is 14.6. The number of aromatic nitrogens is 2. The molecule has 0 bridgehead atoms. The predicted molar refractivity (Wildman–Crippen MR) is 181 cm³/mol. The maximum Gasteiger partial charge on any atom is 0.289 e. The van der Waals surface area contributed by atoms with Crippen LogP contribution in [0.3, 0.4) is 0 Å². The molecule has 2 heterocycles. The summed E-state index contributed by atoms with van der Waals surface area (Å²) in [6, 6.07) is -5.19. The van der Waals surface area contributed by atoms with Gasteiger partial charge in [0.25, 0.3) is 11.8 Å². The first-order valence-corrected chi connectivity index (χ1v) is 18.1. The van der Waals surface area contributed by atoms with Gasteiger partial charge in [0.05, 0.1) is 13.6 Å². The van der Waals surface area contributed by atoms with Crippen molar-refractivity contribution in [2.45, 2.75) is 135 Å². The lowest BCUT2D eigenvalue weighted by Crippen LogP contribution is -2.62. The minimum atomic E-state index is -2.18. The zero-order chi connectivity index (χ0) is 36.2. The summed E-state index contributed by atoms with van der Waals surface area (Å²) >= 11 is 0. The zero-order valence-electron chi connectivity index (χ0n) is 30.3. The number of rotatable bonds is 13. The van der Waals surface area contributed by atoms with E-state index in [9.17, 15) is 28.8 Å². The fourth-order valence-electron chi connectivity index (χ4n) is 7.73. The van der Waals surface area contributed by atoms with E-state index in [1.807, 2.05) is 20.8 Å². The molecule has 3 saturated carbocycles. The Morgan fingerprint density at radius 2 is 1.67 bits per heavy atom. The van der Waals surface area contributed by atoms with Crippen molar-refractivity contribution in [2.24, 2.45) is 23.2 Å². The Labute approximate surface area is 290 Å². The van der Waals surface area contributed by atoms with Crippen molar-refractivity contribution in [3.63, 3.8) is 0 Å². The number of carbonyl (C=O) groups excluding carboxylic acids is 6. The zero-order valence-corrected chi connectivity index (χ0v) is 29.3. The molecule has 5 amide bonds. The second-order valence-corrected chi connectivity index (χ2v) is 15.3. The molecule has 4 aliphatic rings. The number of hydrogen-bond donors (Lipinski definition) is 4. The highest BCUT2D eigenvalue weighted by molar-refractivity contribution is 6.38. The molecule has 1 aromatic heterocycles. The Kier molecular flexibility index (Phi) is 11.2. The van der Waals surface area contributed by atoms with E-state index < -0.39 is 64.9 Å². The molecular weight excluding hydrogens is 626 g/mol. The topological polar surface area (TPSA) is 180 Å². The Bertz CT molecular complexity index is 1440. The van der Waals surface area contributed by atoms with Gasteiger partial charge in [0.15, 0.2) is 0 Å². The summed E-state index contributed by atoms with van der Waals surface area (Å²) in [6.45, 7) is 7.58. The van der Waals surface area contributed by atoms with E-state index in [-0.39, 0.29) is 35.9 Å². The number of likely N-dealkylation sites (tertiary alicyclic amines) is 1. The number of ketones is 1. The monoisotopic (exact) mass is 680 g/mol. The van der Waals surface area contributed by atoms with Crippen LogP contribution in [0.2, 0.25) is 0 Å². The second kappa shape index (κ2) is 15.8. The summed E-state index contributed by atoms with van der Waals surface area (Å²) in [7, 11) is 0. The minimum absolute atomic E-state index is 0.0486. The van der Waals surface area contributed by atoms with Crippen LogP contribution in [0.5, 0.6) is 0 Å². The van der Waals surface area contributed by atoms with Crippen LogP contribution in [-0.4, -0.2) is 86.9 Å². The van der Waals surface area contributed by atoms with Crippen LogP contribution in [0.25, 0.3) is 0 Å². The van der Waals surface area contributed by atoms with E-state index in [0.717, 1.165) is 57.8 Å². The highest BCUT2D eigenvalue weighted by Gasteiger charge is 2.52. The van der Waals surface area contributed by atoms with Crippen molar-refractivity contribution >= 4 is 35.3 Å². The molecule has 49 heavy (non-hydrogen) atoms. The first-order chi connectivity index (χ1) is 23.7. The van der Waals surface area contributed by atoms with Crippen LogP contribution in [0.1, 0.15) is 117 Å². The molecule has 4 fully saturated rings. The van der Waals surface area contributed by atoms with E-state index in [1.54, 1.807) is 6.92 Å². The Morgan fingerprint density at radius 3 is 2.31 bits per heavy atom. The molecule has 13 heteroatoms. The van der Waals surface area contributed by atoms with Crippen LogP contribution >= 0.6 is 0 Å². The summed E-state index contributed by atoms with van der Waals surface area (Å²) < 4.78 is 8.97. The van der Waals surface area contributed by atoms with E-state index >= 15 is 0 Å². The third-order valence-electron chi connectivity index (χ3n) is 10.5. The van der Waals surface area contributed by atoms with Gasteiger partial charge in [0.2, 0.25) is 23.5 Å². The standard InChI is InChI=1S/C36H53N7O6/c1-5-10-25(29(44)34(48)39-23-15-16-23)40-33(47)28-24-14-9-13-22(24)20-43(28)35(49)30(36(2,3)4)42-32(46)27(21-11-7-6-8-12-21)41-31(45)26-19-37-17-18-38-26/h17-19,21-25,27-28,30H,5-16,20H2,1-4H3,(H,39,48)(H,40,47)(H,41,45)(H,42,46)/t22-,24-,25?,27?,28-,30?/m0/s1/i25D. The van der Waals surface area contributed by atoms with Crippen LogP contribution in [0.15, 0.2) is 18.6 Å². The molecule has 3 unspecified atom stereocenters. The van der Waals surface area contributed by atoms with Crippen molar-refractivity contribution in [1.29, 1.82) is 0 Å². The van der Waals surface area contributed by atoms with E-state index in [0.29, 0.717) is 19.4 Å². The van der Waals surface area contributed by atoms with Crippen LogP contribution < -0.4 is 21.3 Å². The second-order valence-electron chi connectivity index (χ2n) is 15.3. The first kappa shape index (κ1) is 34.9. The normalized spacial score (nSPS) is 25.2. The molecule has 13 nitrogen and oxygen atoms in total. The predicted octanol–water partition coefficient (Wildman–Crippen LogP) is 2.45. The molecule has 268 valence electrons. The molecule has 0 spiro atoms. The third kappa shape index (κ3) is 8.83. The molecule has 5 rings (SSSR count). The number of hydrogen-bond acceptors (Lipinski definition) is 8. The van der Waals surface area contributed by atoms with Crippen molar-refractivity contribution in [3.05, 3.63) is 24.3 Å². The van der Waals surface area contributed by atoms with Crippen LogP contribution in [0.4, 0.5) is 0 Å². The Balaban J connectivity index is 1.38. The molecule has 3 aliphatic carbocycles. The van der Waals surface area contributed by atoms with E-state index in [4.69, 9.17) is 1.37 Å². The van der Waals surface area contributed by atoms with Gasteiger partial charge < -0.3 is 26.2 Å². The molecule has 1 saturated heterocycles. The van der Waals surface area contributed by atoms with Gasteiger partial charge in [-0.15, -0.1) is 0 Å². The van der Waals surface area contributed by atoms with Gasteiger partial charge in [-0.2, -0.15) is 0 Å². The fraction of sp³-hybridized carbons (Fsp3) is 0.722. The van der Waals surface area contributed by atoms with Crippen molar-refractivity contribution in [2.75, 3.05) is 6.54 Å². The molecule has 1 aromatic rings. The van der Waals surface area contributed by atoms with Gasteiger partial charge >= 0.3 is 0 Å². The highest BCUT2D eigenvalue weighted by atomic mass is 16.2. The van der Waals surface area contributed by atoms with Crippen molar-refractivity contribution in [3.8, 4) is 0 Å². The molecule has 0 aromatic carbocycles. The number of fused-ring (bicyclic) bond motifs is 1. The molecule has 0 radical (unpaired) electrons. The van der Waals surface area contributed by atoms with E-state index in [1.165, 1.54) is 23.5 Å². The minimum Gasteiger partial charge on any atom is -0.347 e. The summed E-state index contributed by atoms with van der Waals surface area (Å²) in [4.78, 5) is 91.7. The lowest BCUT2D eigenvalue weighted by Gasteiger charge is -2.38. The van der Waals surface area contributed by atoms with Crippen molar-refractivity contribution < 1.29 is 30.1 Å². The number of amides is 5. The molecule has 6 atom stereocenters. The van der Waals surface area contributed by atoms with Gasteiger partial charge in [0, 0.05) is 25.0 Å². The lowest BCUT2D eigenvalue weighted by molar-refractivity contribution is -0.146. The molecule has 4 N–H and O–H groups in total. The van der Waals surface area contributed by atoms with Gasteiger partial charge in [0.1, 0.15) is 23.8 Å².